The fourth-order valence-corrected chi connectivity index (χ4v) is 2.25. The number of hydrogen-bond acceptors (Lipinski definition) is 3. The van der Waals surface area contributed by atoms with Crippen LogP contribution in [0.1, 0.15) is 19.8 Å². The second kappa shape index (κ2) is 5.25. The molecule has 2 heterocycles. The van der Waals surface area contributed by atoms with Crippen LogP contribution >= 0.6 is 0 Å². The van der Waals surface area contributed by atoms with Crippen molar-refractivity contribution in [3.05, 3.63) is 24.1 Å². The zero-order valence-electron chi connectivity index (χ0n) is 9.62. The molecule has 0 aliphatic carbocycles. The van der Waals surface area contributed by atoms with Gasteiger partial charge in [-0.15, -0.1) is 0 Å². The number of anilines is 1. The van der Waals surface area contributed by atoms with Gasteiger partial charge in [-0.1, -0.05) is 6.92 Å². The first-order valence-electron chi connectivity index (χ1n) is 5.89. The van der Waals surface area contributed by atoms with E-state index in [9.17, 15) is 4.39 Å². The Morgan fingerprint density at radius 2 is 2.44 bits per heavy atom. The van der Waals surface area contributed by atoms with Crippen LogP contribution in [-0.4, -0.2) is 35.6 Å². The minimum atomic E-state index is -0.290. The van der Waals surface area contributed by atoms with Gasteiger partial charge in [-0.05, 0) is 38.1 Å². The van der Waals surface area contributed by atoms with Crippen LogP contribution in [0.2, 0.25) is 0 Å². The number of aromatic nitrogens is 1. The van der Waals surface area contributed by atoms with E-state index in [4.69, 9.17) is 0 Å². The molecule has 0 spiro atoms. The van der Waals surface area contributed by atoms with E-state index in [-0.39, 0.29) is 5.82 Å². The van der Waals surface area contributed by atoms with Crippen LogP contribution in [0.4, 0.5) is 10.2 Å². The predicted octanol–water partition coefficient (Wildman–Crippen LogP) is 2.12. The number of rotatable bonds is 4. The molecule has 16 heavy (non-hydrogen) atoms. The van der Waals surface area contributed by atoms with Gasteiger partial charge in [-0.3, -0.25) is 4.90 Å². The Kier molecular flexibility index (Phi) is 3.72. The molecule has 4 heteroatoms. The maximum atomic E-state index is 12.6. The minimum absolute atomic E-state index is 0.290. The smallest absolute Gasteiger partial charge is 0.141 e. The first kappa shape index (κ1) is 11.3. The zero-order chi connectivity index (χ0) is 11.4. The Labute approximate surface area is 95.7 Å². The van der Waals surface area contributed by atoms with Crippen LogP contribution in [0.15, 0.2) is 18.3 Å². The van der Waals surface area contributed by atoms with Gasteiger partial charge in [0.25, 0.3) is 0 Å². The fraction of sp³-hybridized carbons (Fsp3) is 0.583. The lowest BCUT2D eigenvalue weighted by Crippen LogP contribution is -2.34. The molecule has 1 aromatic rings. The van der Waals surface area contributed by atoms with Crippen LogP contribution in [-0.2, 0) is 0 Å². The van der Waals surface area contributed by atoms with E-state index in [2.05, 4.69) is 22.1 Å². The molecule has 0 radical (unpaired) electrons. The normalized spacial score (nSPS) is 21.2. The van der Waals surface area contributed by atoms with Crippen molar-refractivity contribution in [2.24, 2.45) is 0 Å². The van der Waals surface area contributed by atoms with Crippen molar-refractivity contribution in [2.75, 3.05) is 25.0 Å². The highest BCUT2D eigenvalue weighted by Crippen LogP contribution is 2.16. The molecule has 1 unspecified atom stereocenters. The third-order valence-electron chi connectivity index (χ3n) is 3.15. The quantitative estimate of drug-likeness (QED) is 0.847. The lowest BCUT2D eigenvalue weighted by molar-refractivity contribution is 0.277. The first-order chi connectivity index (χ1) is 7.79. The summed E-state index contributed by atoms with van der Waals surface area (Å²) in [6, 6.07) is 3.71. The van der Waals surface area contributed by atoms with Gasteiger partial charge in [0.05, 0.1) is 6.20 Å². The average molecular weight is 223 g/mol. The fourth-order valence-electron chi connectivity index (χ4n) is 2.25. The number of likely N-dealkylation sites (N-methyl/N-ethyl adjacent to an activating group) is 1. The van der Waals surface area contributed by atoms with Crippen molar-refractivity contribution < 1.29 is 4.39 Å². The van der Waals surface area contributed by atoms with Crippen molar-refractivity contribution >= 4 is 5.82 Å². The van der Waals surface area contributed by atoms with Gasteiger partial charge < -0.3 is 5.32 Å². The largest absolute Gasteiger partial charge is 0.369 e. The maximum absolute atomic E-state index is 12.6. The van der Waals surface area contributed by atoms with Crippen LogP contribution < -0.4 is 5.32 Å². The monoisotopic (exact) mass is 223 g/mol. The number of nitrogens with zero attached hydrogens (tertiary/aromatic N) is 2. The van der Waals surface area contributed by atoms with Crippen molar-refractivity contribution in [1.82, 2.24) is 9.88 Å². The standard InChI is InChI=1S/C12H18FN3/c1-2-16-7-3-4-11(16)9-15-12-6-5-10(13)8-14-12/h5-6,8,11H,2-4,7,9H2,1H3,(H,14,15). The molecule has 0 amide bonds. The summed E-state index contributed by atoms with van der Waals surface area (Å²) in [6.45, 7) is 5.38. The lowest BCUT2D eigenvalue weighted by Gasteiger charge is -2.23. The Balaban J connectivity index is 1.85. The van der Waals surface area contributed by atoms with Crippen molar-refractivity contribution in [3.63, 3.8) is 0 Å². The Bertz CT molecular complexity index is 326. The predicted molar refractivity (Wildman–Crippen MR) is 63.0 cm³/mol. The molecule has 0 aromatic carbocycles. The molecule has 1 saturated heterocycles. The molecule has 88 valence electrons. The topological polar surface area (TPSA) is 28.2 Å². The molecule has 1 atom stereocenters. The summed E-state index contributed by atoms with van der Waals surface area (Å²) < 4.78 is 12.6. The molecule has 2 rings (SSSR count). The summed E-state index contributed by atoms with van der Waals surface area (Å²) in [5.41, 5.74) is 0. The van der Waals surface area contributed by atoms with E-state index < -0.39 is 0 Å². The molecule has 1 N–H and O–H groups in total. The molecule has 0 saturated carbocycles. The molecule has 1 aliphatic heterocycles. The highest BCUT2D eigenvalue weighted by Gasteiger charge is 2.22. The van der Waals surface area contributed by atoms with Gasteiger partial charge in [0.2, 0.25) is 0 Å². The average Bonchev–Trinajstić information content (AvgIpc) is 2.76. The van der Waals surface area contributed by atoms with E-state index in [0.29, 0.717) is 6.04 Å². The Morgan fingerprint density at radius 3 is 3.12 bits per heavy atom. The van der Waals surface area contributed by atoms with Gasteiger partial charge >= 0.3 is 0 Å². The highest BCUT2D eigenvalue weighted by atomic mass is 19.1. The molecule has 1 fully saturated rings. The first-order valence-corrected chi connectivity index (χ1v) is 5.89. The summed E-state index contributed by atoms with van der Waals surface area (Å²) in [7, 11) is 0. The van der Waals surface area contributed by atoms with E-state index in [1.165, 1.54) is 31.6 Å². The maximum Gasteiger partial charge on any atom is 0.141 e. The van der Waals surface area contributed by atoms with E-state index in [1.54, 1.807) is 6.07 Å². The summed E-state index contributed by atoms with van der Waals surface area (Å²) in [4.78, 5) is 6.45. The molecular formula is C12H18FN3. The number of pyridine rings is 1. The second-order valence-corrected chi connectivity index (χ2v) is 4.17. The van der Waals surface area contributed by atoms with Crippen molar-refractivity contribution in [2.45, 2.75) is 25.8 Å². The molecule has 0 bridgehead atoms. The van der Waals surface area contributed by atoms with Gasteiger partial charge in [0.15, 0.2) is 0 Å². The van der Waals surface area contributed by atoms with E-state index >= 15 is 0 Å². The summed E-state index contributed by atoms with van der Waals surface area (Å²) in [5, 5.41) is 3.26. The van der Waals surface area contributed by atoms with Crippen LogP contribution in [0.5, 0.6) is 0 Å². The Hall–Kier alpha value is -1.16. The molecule has 1 aromatic heterocycles. The summed E-state index contributed by atoms with van der Waals surface area (Å²) >= 11 is 0. The number of hydrogen-bond donors (Lipinski definition) is 1. The zero-order valence-corrected chi connectivity index (χ0v) is 9.62. The highest BCUT2D eigenvalue weighted by molar-refractivity contribution is 5.33. The molecular weight excluding hydrogens is 205 g/mol. The summed E-state index contributed by atoms with van der Waals surface area (Å²) in [5.74, 6) is 0.464. The van der Waals surface area contributed by atoms with Crippen LogP contribution in [0.25, 0.3) is 0 Å². The SMILES string of the molecule is CCN1CCCC1CNc1ccc(F)cn1. The second-order valence-electron chi connectivity index (χ2n) is 4.17. The minimum Gasteiger partial charge on any atom is -0.369 e. The third kappa shape index (κ3) is 2.70. The lowest BCUT2D eigenvalue weighted by atomic mass is 10.2. The molecule has 1 aliphatic rings. The number of halogens is 1. The van der Waals surface area contributed by atoms with Gasteiger partial charge in [-0.25, -0.2) is 9.37 Å². The van der Waals surface area contributed by atoms with Gasteiger partial charge in [0.1, 0.15) is 11.6 Å². The number of nitrogens with one attached hydrogen (secondary N) is 1. The van der Waals surface area contributed by atoms with Gasteiger partial charge in [-0.2, -0.15) is 0 Å². The summed E-state index contributed by atoms with van der Waals surface area (Å²) in [6.07, 6.45) is 3.76. The number of likely N-dealkylation sites (tertiary alicyclic amines) is 1. The van der Waals surface area contributed by atoms with Crippen molar-refractivity contribution in [1.29, 1.82) is 0 Å². The van der Waals surface area contributed by atoms with E-state index in [1.807, 2.05) is 0 Å². The molecule has 3 nitrogen and oxygen atoms in total. The van der Waals surface area contributed by atoms with Crippen molar-refractivity contribution in [3.8, 4) is 0 Å². The van der Waals surface area contributed by atoms with Crippen LogP contribution in [0.3, 0.4) is 0 Å². The van der Waals surface area contributed by atoms with Gasteiger partial charge in [0, 0.05) is 12.6 Å². The Morgan fingerprint density at radius 1 is 1.56 bits per heavy atom. The van der Waals surface area contributed by atoms with E-state index in [0.717, 1.165) is 18.9 Å². The van der Waals surface area contributed by atoms with Crippen LogP contribution in [0, 0.1) is 5.82 Å². The third-order valence-corrected chi connectivity index (χ3v) is 3.15.